The van der Waals surface area contributed by atoms with Crippen LogP contribution in [-0.2, 0) is 0 Å². The Morgan fingerprint density at radius 1 is 1.05 bits per heavy atom. The van der Waals surface area contributed by atoms with Gasteiger partial charge < -0.3 is 4.74 Å². The molecular formula is C19H22O2S. The monoisotopic (exact) mass is 314 g/mol. The zero-order chi connectivity index (χ0) is 15.8. The Morgan fingerprint density at radius 2 is 1.73 bits per heavy atom. The SMILES string of the molecule is CC(C)C(=O)c1ccc(SCCCOc2ccccc2)cc1. The van der Waals surface area contributed by atoms with E-state index >= 15 is 0 Å². The summed E-state index contributed by atoms with van der Waals surface area (Å²) in [6.07, 6.45) is 0.992. The van der Waals surface area contributed by atoms with Crippen LogP contribution in [0.1, 0.15) is 30.6 Å². The summed E-state index contributed by atoms with van der Waals surface area (Å²) in [5.74, 6) is 2.18. The summed E-state index contributed by atoms with van der Waals surface area (Å²) in [7, 11) is 0. The zero-order valence-corrected chi connectivity index (χ0v) is 13.9. The van der Waals surface area contributed by atoms with Gasteiger partial charge >= 0.3 is 0 Å². The molecule has 0 aliphatic carbocycles. The minimum Gasteiger partial charge on any atom is -0.494 e. The summed E-state index contributed by atoms with van der Waals surface area (Å²) in [4.78, 5) is 13.1. The highest BCUT2D eigenvalue weighted by molar-refractivity contribution is 7.99. The van der Waals surface area contributed by atoms with Gasteiger partial charge in [-0.25, -0.2) is 0 Å². The van der Waals surface area contributed by atoms with E-state index in [1.807, 2.05) is 68.4 Å². The molecule has 0 amide bonds. The second-order valence-corrected chi connectivity index (χ2v) is 6.58. The summed E-state index contributed by atoms with van der Waals surface area (Å²) in [5, 5.41) is 0. The van der Waals surface area contributed by atoms with Crippen LogP contribution in [-0.4, -0.2) is 18.1 Å². The smallest absolute Gasteiger partial charge is 0.165 e. The highest BCUT2D eigenvalue weighted by Gasteiger charge is 2.09. The molecule has 0 radical (unpaired) electrons. The molecule has 3 heteroatoms. The second-order valence-electron chi connectivity index (χ2n) is 5.41. The van der Waals surface area contributed by atoms with Crippen LogP contribution in [0.5, 0.6) is 5.75 Å². The van der Waals surface area contributed by atoms with Gasteiger partial charge in [-0.2, -0.15) is 0 Å². The number of thioether (sulfide) groups is 1. The third-order valence-electron chi connectivity index (χ3n) is 3.23. The van der Waals surface area contributed by atoms with Gasteiger partial charge in [0.25, 0.3) is 0 Å². The van der Waals surface area contributed by atoms with Gasteiger partial charge in [0.1, 0.15) is 5.75 Å². The Labute approximate surface area is 136 Å². The minimum absolute atomic E-state index is 0.0497. The van der Waals surface area contributed by atoms with Crippen molar-refractivity contribution in [3.8, 4) is 5.75 Å². The first kappa shape index (κ1) is 16.6. The summed E-state index contributed by atoms with van der Waals surface area (Å²) in [6.45, 7) is 4.58. The predicted molar refractivity (Wildman–Crippen MR) is 92.9 cm³/mol. The predicted octanol–water partition coefficient (Wildman–Crippen LogP) is 5.09. The van der Waals surface area contributed by atoms with Crippen molar-refractivity contribution >= 4 is 17.5 Å². The Hall–Kier alpha value is -1.74. The van der Waals surface area contributed by atoms with Gasteiger partial charge in [0.05, 0.1) is 6.61 Å². The molecule has 0 N–H and O–H groups in total. The molecule has 0 bridgehead atoms. The average Bonchev–Trinajstić information content (AvgIpc) is 2.55. The molecule has 0 saturated heterocycles. The molecule has 0 aliphatic heterocycles. The fraction of sp³-hybridized carbons (Fsp3) is 0.316. The molecule has 2 nitrogen and oxygen atoms in total. The lowest BCUT2D eigenvalue weighted by Gasteiger charge is -2.07. The van der Waals surface area contributed by atoms with Crippen molar-refractivity contribution < 1.29 is 9.53 Å². The van der Waals surface area contributed by atoms with E-state index in [-0.39, 0.29) is 11.7 Å². The van der Waals surface area contributed by atoms with Crippen LogP contribution in [0.15, 0.2) is 59.5 Å². The summed E-state index contributed by atoms with van der Waals surface area (Å²) < 4.78 is 5.66. The molecule has 0 atom stereocenters. The zero-order valence-electron chi connectivity index (χ0n) is 13.1. The fourth-order valence-electron chi connectivity index (χ4n) is 2.00. The largest absolute Gasteiger partial charge is 0.494 e. The molecule has 2 aromatic rings. The van der Waals surface area contributed by atoms with Crippen LogP contribution in [0.2, 0.25) is 0 Å². The second kappa shape index (κ2) is 8.64. The van der Waals surface area contributed by atoms with Gasteiger partial charge in [-0.1, -0.05) is 44.2 Å². The Morgan fingerprint density at radius 3 is 2.36 bits per heavy atom. The maximum Gasteiger partial charge on any atom is 0.165 e. The van der Waals surface area contributed by atoms with Crippen molar-refractivity contribution in [2.24, 2.45) is 5.92 Å². The van der Waals surface area contributed by atoms with E-state index in [4.69, 9.17) is 4.74 Å². The standard InChI is InChI=1S/C19H22O2S/c1-15(2)19(20)16-9-11-18(12-10-16)22-14-6-13-21-17-7-4-3-5-8-17/h3-5,7-12,15H,6,13-14H2,1-2H3. The normalized spacial score (nSPS) is 10.7. The van der Waals surface area contributed by atoms with Crippen molar-refractivity contribution in [1.29, 1.82) is 0 Å². The van der Waals surface area contributed by atoms with Crippen LogP contribution >= 0.6 is 11.8 Å². The van der Waals surface area contributed by atoms with Crippen molar-refractivity contribution in [2.45, 2.75) is 25.2 Å². The summed E-state index contributed by atoms with van der Waals surface area (Å²) in [6, 6.07) is 17.8. The van der Waals surface area contributed by atoms with Crippen molar-refractivity contribution in [3.05, 3.63) is 60.2 Å². The number of carbonyl (C=O) groups is 1. The maximum absolute atomic E-state index is 11.9. The van der Waals surface area contributed by atoms with Gasteiger partial charge in [-0.15, -0.1) is 11.8 Å². The van der Waals surface area contributed by atoms with Crippen LogP contribution in [0.25, 0.3) is 0 Å². The van der Waals surface area contributed by atoms with Gasteiger partial charge in [0.2, 0.25) is 0 Å². The lowest BCUT2D eigenvalue weighted by Crippen LogP contribution is -2.06. The number of hydrogen-bond acceptors (Lipinski definition) is 3. The van der Waals surface area contributed by atoms with Crippen LogP contribution in [0, 0.1) is 5.92 Å². The molecule has 2 aromatic carbocycles. The highest BCUT2D eigenvalue weighted by atomic mass is 32.2. The van der Waals surface area contributed by atoms with E-state index < -0.39 is 0 Å². The average molecular weight is 314 g/mol. The van der Waals surface area contributed by atoms with Crippen LogP contribution in [0.4, 0.5) is 0 Å². The molecule has 0 unspecified atom stereocenters. The number of carbonyl (C=O) groups excluding carboxylic acids is 1. The maximum atomic E-state index is 11.9. The van der Waals surface area contributed by atoms with E-state index in [0.29, 0.717) is 0 Å². The topological polar surface area (TPSA) is 26.3 Å². The number of hydrogen-bond donors (Lipinski definition) is 0. The van der Waals surface area contributed by atoms with Gasteiger partial charge in [-0.05, 0) is 30.7 Å². The molecule has 0 aliphatic rings. The first-order valence-electron chi connectivity index (χ1n) is 7.62. The van der Waals surface area contributed by atoms with E-state index in [2.05, 4.69) is 0 Å². The summed E-state index contributed by atoms with van der Waals surface area (Å²) >= 11 is 1.79. The highest BCUT2D eigenvalue weighted by Crippen LogP contribution is 2.20. The molecular weight excluding hydrogens is 292 g/mol. The van der Waals surface area contributed by atoms with Crippen molar-refractivity contribution in [3.63, 3.8) is 0 Å². The molecule has 0 heterocycles. The van der Waals surface area contributed by atoms with Crippen LogP contribution in [0.3, 0.4) is 0 Å². The third-order valence-corrected chi connectivity index (χ3v) is 4.33. The number of benzene rings is 2. The first-order valence-corrected chi connectivity index (χ1v) is 8.60. The molecule has 0 aromatic heterocycles. The van der Waals surface area contributed by atoms with Gasteiger partial charge in [0.15, 0.2) is 5.78 Å². The van der Waals surface area contributed by atoms with Crippen molar-refractivity contribution in [1.82, 2.24) is 0 Å². The number of rotatable bonds is 8. The van der Waals surface area contributed by atoms with Gasteiger partial charge in [-0.3, -0.25) is 4.79 Å². The molecule has 116 valence electrons. The number of Topliss-reactive ketones (excluding diaryl/α,β-unsaturated/α-hetero) is 1. The summed E-state index contributed by atoms with van der Waals surface area (Å²) in [5.41, 5.74) is 0.798. The number of ketones is 1. The quantitative estimate of drug-likeness (QED) is 0.386. The third kappa shape index (κ3) is 5.23. The van der Waals surface area contributed by atoms with E-state index in [0.717, 1.165) is 30.1 Å². The molecule has 2 rings (SSSR count). The van der Waals surface area contributed by atoms with Crippen LogP contribution < -0.4 is 4.74 Å². The lowest BCUT2D eigenvalue weighted by molar-refractivity contribution is 0.0939. The van der Waals surface area contributed by atoms with Crippen molar-refractivity contribution in [2.75, 3.05) is 12.4 Å². The lowest BCUT2D eigenvalue weighted by atomic mass is 10.0. The van der Waals surface area contributed by atoms with Gasteiger partial charge in [0, 0.05) is 22.1 Å². The molecule has 0 spiro atoms. The molecule has 0 fully saturated rings. The fourth-order valence-corrected chi connectivity index (χ4v) is 2.83. The molecule has 22 heavy (non-hydrogen) atoms. The Bertz CT molecular complexity index is 576. The Kier molecular flexibility index (Phi) is 6.53. The molecule has 0 saturated carbocycles. The van der Waals surface area contributed by atoms with E-state index in [9.17, 15) is 4.79 Å². The first-order chi connectivity index (χ1) is 10.7. The van der Waals surface area contributed by atoms with E-state index in [1.165, 1.54) is 4.90 Å². The Balaban J connectivity index is 1.70. The van der Waals surface area contributed by atoms with E-state index in [1.54, 1.807) is 11.8 Å². The number of para-hydroxylation sites is 1. The number of ether oxygens (including phenoxy) is 1. The minimum atomic E-state index is 0.0497.